The Balaban J connectivity index is 2.77. The number of hydrogen-bond donors (Lipinski definition) is 0. The number of methoxy groups -OCH3 is 1. The minimum Gasteiger partial charge on any atom is -0.463 e. The summed E-state index contributed by atoms with van der Waals surface area (Å²) in [5.74, 6) is -1.84. The second-order valence-electron chi connectivity index (χ2n) is 3.18. The summed E-state index contributed by atoms with van der Waals surface area (Å²) in [6.45, 7) is 1.60. The van der Waals surface area contributed by atoms with Gasteiger partial charge in [-0.15, -0.1) is 0 Å². The molecule has 1 aromatic rings. The number of rotatable bonds is 3. The van der Waals surface area contributed by atoms with Gasteiger partial charge in [0.1, 0.15) is 5.82 Å². The largest absolute Gasteiger partial charge is 0.463 e. The topological polar surface area (TPSA) is 43.4 Å². The Bertz CT molecular complexity index is 399. The molecule has 0 aromatic heterocycles. The Morgan fingerprint density at radius 2 is 2.07 bits per heavy atom. The van der Waals surface area contributed by atoms with E-state index in [4.69, 9.17) is 0 Å². The van der Waals surface area contributed by atoms with Crippen molar-refractivity contribution in [2.45, 2.75) is 13.3 Å². The molecule has 1 aromatic carbocycles. The van der Waals surface area contributed by atoms with Crippen LogP contribution in [0.1, 0.15) is 11.1 Å². The smallest absolute Gasteiger partial charge is 0.374 e. The van der Waals surface area contributed by atoms with Gasteiger partial charge in [-0.2, -0.15) is 0 Å². The first-order valence-electron chi connectivity index (χ1n) is 4.40. The lowest BCUT2D eigenvalue weighted by Crippen LogP contribution is -2.17. The minimum absolute atomic E-state index is 0.0617. The van der Waals surface area contributed by atoms with Crippen LogP contribution in [-0.4, -0.2) is 18.9 Å². The summed E-state index contributed by atoms with van der Waals surface area (Å²) in [6, 6.07) is 4.29. The van der Waals surface area contributed by atoms with E-state index in [0.29, 0.717) is 11.1 Å². The number of aryl methyl sites for hydroxylation is 1. The Morgan fingerprint density at radius 3 is 2.60 bits per heavy atom. The minimum atomic E-state index is -0.878. The molecular weight excluding hydrogens is 199 g/mol. The highest BCUT2D eigenvalue weighted by Gasteiger charge is 2.14. The van der Waals surface area contributed by atoms with Crippen LogP contribution in [0.4, 0.5) is 4.39 Å². The summed E-state index contributed by atoms with van der Waals surface area (Å²) in [6.07, 6.45) is -0.0617. The molecule has 0 saturated carbocycles. The van der Waals surface area contributed by atoms with Crippen LogP contribution in [0.15, 0.2) is 18.2 Å². The third-order valence-electron chi connectivity index (χ3n) is 2.00. The van der Waals surface area contributed by atoms with E-state index in [-0.39, 0.29) is 12.2 Å². The molecule has 3 nitrogen and oxygen atoms in total. The van der Waals surface area contributed by atoms with Crippen molar-refractivity contribution in [2.24, 2.45) is 0 Å². The second-order valence-corrected chi connectivity index (χ2v) is 3.18. The van der Waals surface area contributed by atoms with Gasteiger partial charge in [0.2, 0.25) is 5.78 Å². The van der Waals surface area contributed by atoms with E-state index in [1.54, 1.807) is 6.92 Å². The van der Waals surface area contributed by atoms with Gasteiger partial charge in [0.25, 0.3) is 0 Å². The average molecular weight is 210 g/mol. The van der Waals surface area contributed by atoms with Gasteiger partial charge in [0.05, 0.1) is 7.11 Å². The fourth-order valence-corrected chi connectivity index (χ4v) is 1.19. The molecule has 0 radical (unpaired) electrons. The van der Waals surface area contributed by atoms with Gasteiger partial charge in [-0.05, 0) is 24.1 Å². The summed E-state index contributed by atoms with van der Waals surface area (Å²) in [7, 11) is 1.15. The van der Waals surface area contributed by atoms with Crippen molar-refractivity contribution in [3.05, 3.63) is 35.1 Å². The van der Waals surface area contributed by atoms with E-state index in [0.717, 1.165) is 7.11 Å². The van der Waals surface area contributed by atoms with E-state index in [9.17, 15) is 14.0 Å². The van der Waals surface area contributed by atoms with Crippen LogP contribution in [0.3, 0.4) is 0 Å². The van der Waals surface area contributed by atoms with E-state index in [1.807, 2.05) is 0 Å². The molecular formula is C11H11FO3. The molecule has 0 bridgehead atoms. The second kappa shape index (κ2) is 4.68. The maximum atomic E-state index is 12.9. The van der Waals surface area contributed by atoms with Crippen molar-refractivity contribution >= 4 is 11.8 Å². The van der Waals surface area contributed by atoms with Gasteiger partial charge in [-0.25, -0.2) is 9.18 Å². The van der Waals surface area contributed by atoms with Gasteiger partial charge < -0.3 is 4.74 Å². The monoisotopic (exact) mass is 210 g/mol. The fraction of sp³-hybridized carbons (Fsp3) is 0.273. The summed E-state index contributed by atoms with van der Waals surface area (Å²) in [4.78, 5) is 22.0. The number of ether oxygens (including phenoxy) is 1. The molecule has 0 spiro atoms. The number of carbonyl (C=O) groups is 2. The van der Waals surface area contributed by atoms with E-state index in [2.05, 4.69) is 4.74 Å². The van der Waals surface area contributed by atoms with Crippen LogP contribution in [0.2, 0.25) is 0 Å². The predicted octanol–water partition coefficient (Wildman–Crippen LogP) is 1.42. The SMILES string of the molecule is COC(=O)C(=O)Cc1ccc(F)c(C)c1. The molecule has 0 unspecified atom stereocenters. The van der Waals surface area contributed by atoms with Crippen molar-refractivity contribution in [3.8, 4) is 0 Å². The molecule has 0 aliphatic heterocycles. The molecule has 0 fully saturated rings. The van der Waals surface area contributed by atoms with Gasteiger partial charge in [0.15, 0.2) is 0 Å². The molecule has 0 heterocycles. The van der Waals surface area contributed by atoms with E-state index < -0.39 is 11.8 Å². The molecule has 0 N–H and O–H groups in total. The number of benzene rings is 1. The Labute approximate surface area is 86.9 Å². The first kappa shape index (κ1) is 11.4. The third-order valence-corrected chi connectivity index (χ3v) is 2.00. The lowest BCUT2D eigenvalue weighted by Gasteiger charge is -2.02. The molecule has 80 valence electrons. The number of halogens is 1. The Morgan fingerprint density at radius 1 is 1.40 bits per heavy atom. The zero-order valence-corrected chi connectivity index (χ0v) is 8.54. The molecule has 0 saturated heterocycles. The number of esters is 1. The summed E-state index contributed by atoms with van der Waals surface area (Å²) >= 11 is 0. The first-order valence-corrected chi connectivity index (χ1v) is 4.40. The average Bonchev–Trinajstić information content (AvgIpc) is 2.22. The van der Waals surface area contributed by atoms with Gasteiger partial charge >= 0.3 is 5.97 Å². The lowest BCUT2D eigenvalue weighted by molar-refractivity contribution is -0.151. The molecule has 1 rings (SSSR count). The zero-order chi connectivity index (χ0) is 11.4. The maximum absolute atomic E-state index is 12.9. The molecule has 0 aliphatic rings. The van der Waals surface area contributed by atoms with Crippen molar-refractivity contribution in [2.75, 3.05) is 7.11 Å². The standard InChI is InChI=1S/C11H11FO3/c1-7-5-8(3-4-9(7)12)6-10(13)11(14)15-2/h3-5H,6H2,1-2H3. The van der Waals surface area contributed by atoms with E-state index in [1.165, 1.54) is 18.2 Å². The van der Waals surface area contributed by atoms with Crippen LogP contribution < -0.4 is 0 Å². The van der Waals surface area contributed by atoms with Crippen LogP contribution in [0, 0.1) is 12.7 Å². The van der Waals surface area contributed by atoms with Gasteiger partial charge in [-0.3, -0.25) is 4.79 Å². The molecule has 0 aliphatic carbocycles. The molecule has 15 heavy (non-hydrogen) atoms. The highest BCUT2D eigenvalue weighted by molar-refractivity contribution is 6.34. The molecule has 4 heteroatoms. The van der Waals surface area contributed by atoms with E-state index >= 15 is 0 Å². The molecule has 0 amide bonds. The normalized spacial score (nSPS) is 9.80. The highest BCUT2D eigenvalue weighted by atomic mass is 19.1. The van der Waals surface area contributed by atoms with Crippen LogP contribution in [0.25, 0.3) is 0 Å². The number of hydrogen-bond acceptors (Lipinski definition) is 3. The number of Topliss-reactive ketones (excluding diaryl/α,β-unsaturated/α-hetero) is 1. The van der Waals surface area contributed by atoms with Crippen molar-refractivity contribution in [3.63, 3.8) is 0 Å². The Hall–Kier alpha value is -1.71. The van der Waals surface area contributed by atoms with Gasteiger partial charge in [-0.1, -0.05) is 12.1 Å². The van der Waals surface area contributed by atoms with Crippen molar-refractivity contribution < 1.29 is 18.7 Å². The Kier molecular flexibility index (Phi) is 3.55. The maximum Gasteiger partial charge on any atom is 0.374 e. The quantitative estimate of drug-likeness (QED) is 0.559. The van der Waals surface area contributed by atoms with Crippen molar-refractivity contribution in [1.29, 1.82) is 0 Å². The fourth-order valence-electron chi connectivity index (χ4n) is 1.19. The predicted molar refractivity (Wildman–Crippen MR) is 51.9 cm³/mol. The third kappa shape index (κ3) is 2.87. The van der Waals surface area contributed by atoms with Gasteiger partial charge in [0, 0.05) is 6.42 Å². The molecule has 0 atom stereocenters. The summed E-state index contributed by atoms with van der Waals surface area (Å²) < 4.78 is 17.2. The summed E-state index contributed by atoms with van der Waals surface area (Å²) in [5, 5.41) is 0. The number of ketones is 1. The lowest BCUT2D eigenvalue weighted by atomic mass is 10.1. The van der Waals surface area contributed by atoms with Crippen LogP contribution in [-0.2, 0) is 20.7 Å². The summed E-state index contributed by atoms with van der Waals surface area (Å²) in [5.41, 5.74) is 1.05. The first-order chi connectivity index (χ1) is 7.04. The number of carbonyl (C=O) groups excluding carboxylic acids is 2. The zero-order valence-electron chi connectivity index (χ0n) is 8.54. The highest BCUT2D eigenvalue weighted by Crippen LogP contribution is 2.10. The van der Waals surface area contributed by atoms with Crippen molar-refractivity contribution in [1.82, 2.24) is 0 Å². The van der Waals surface area contributed by atoms with Crippen LogP contribution >= 0.6 is 0 Å². The van der Waals surface area contributed by atoms with Crippen LogP contribution in [0.5, 0.6) is 0 Å².